The molecule has 1 atom stereocenters. The van der Waals surface area contributed by atoms with Crippen molar-refractivity contribution in [3.63, 3.8) is 0 Å². The van der Waals surface area contributed by atoms with Gasteiger partial charge in [0.05, 0.1) is 5.69 Å². The Balaban J connectivity index is 2.13. The van der Waals surface area contributed by atoms with Crippen LogP contribution in [0.15, 0.2) is 6.07 Å². The van der Waals surface area contributed by atoms with Crippen molar-refractivity contribution in [3.05, 3.63) is 17.5 Å². The predicted octanol–water partition coefficient (Wildman–Crippen LogP) is 1.84. The van der Waals surface area contributed by atoms with Gasteiger partial charge >= 0.3 is 5.97 Å². The van der Waals surface area contributed by atoms with E-state index < -0.39 is 5.97 Å². The van der Waals surface area contributed by atoms with E-state index in [0.29, 0.717) is 18.7 Å². The Morgan fingerprint density at radius 1 is 1.43 bits per heavy atom. The van der Waals surface area contributed by atoms with Crippen molar-refractivity contribution in [2.24, 2.45) is 7.05 Å². The molecule has 1 unspecified atom stereocenters. The Morgan fingerprint density at radius 2 is 2.19 bits per heavy atom. The molecule has 1 N–H and O–H groups in total. The Hall–Kier alpha value is -1.85. The van der Waals surface area contributed by atoms with Crippen molar-refractivity contribution in [3.8, 4) is 0 Å². The number of rotatable bonds is 5. The molecule has 0 radical (unpaired) electrons. The number of amides is 1. The van der Waals surface area contributed by atoms with Crippen LogP contribution in [-0.4, -0.2) is 44.3 Å². The van der Waals surface area contributed by atoms with E-state index in [4.69, 9.17) is 5.11 Å². The highest BCUT2D eigenvalue weighted by atomic mass is 16.4. The maximum absolute atomic E-state index is 12.7. The van der Waals surface area contributed by atoms with Crippen molar-refractivity contribution >= 4 is 11.9 Å². The van der Waals surface area contributed by atoms with Crippen LogP contribution in [0.2, 0.25) is 0 Å². The number of carboxylic acids is 1. The number of piperidine rings is 1. The zero-order valence-electron chi connectivity index (χ0n) is 12.7. The quantitative estimate of drug-likeness (QED) is 0.899. The molecule has 0 spiro atoms. The summed E-state index contributed by atoms with van der Waals surface area (Å²) in [5.74, 6) is -0.832. The summed E-state index contributed by atoms with van der Waals surface area (Å²) >= 11 is 0. The van der Waals surface area contributed by atoms with Crippen LogP contribution in [0.25, 0.3) is 0 Å². The third-order valence-corrected chi connectivity index (χ3v) is 4.09. The summed E-state index contributed by atoms with van der Waals surface area (Å²) in [6.45, 7) is 2.71. The number of aromatic nitrogens is 2. The van der Waals surface area contributed by atoms with Gasteiger partial charge in [-0.25, -0.2) is 0 Å². The van der Waals surface area contributed by atoms with E-state index in [0.717, 1.165) is 31.4 Å². The summed E-state index contributed by atoms with van der Waals surface area (Å²) < 4.78 is 1.63. The van der Waals surface area contributed by atoms with Crippen molar-refractivity contribution in [1.29, 1.82) is 0 Å². The Labute approximate surface area is 124 Å². The molecule has 116 valence electrons. The van der Waals surface area contributed by atoms with Gasteiger partial charge in [0.2, 0.25) is 0 Å². The minimum absolute atomic E-state index is 0.0280. The standard InChI is InChI=1S/C15H23N3O3/c1-3-11-10-13(17(2)16-11)15(21)18-9-5-4-6-12(18)7-8-14(19)20/h10,12H,3-9H2,1-2H3,(H,19,20). The van der Waals surface area contributed by atoms with Gasteiger partial charge in [-0.3, -0.25) is 14.3 Å². The lowest BCUT2D eigenvalue weighted by molar-refractivity contribution is -0.137. The van der Waals surface area contributed by atoms with Crippen LogP contribution < -0.4 is 0 Å². The number of carbonyl (C=O) groups is 2. The number of hydrogen-bond acceptors (Lipinski definition) is 3. The van der Waals surface area contributed by atoms with Crippen LogP contribution in [0.5, 0.6) is 0 Å². The molecule has 0 aromatic carbocycles. The third-order valence-electron chi connectivity index (χ3n) is 4.09. The number of hydrogen-bond donors (Lipinski definition) is 1. The minimum Gasteiger partial charge on any atom is -0.481 e. The number of aryl methyl sites for hydroxylation is 2. The fraction of sp³-hybridized carbons (Fsp3) is 0.667. The summed E-state index contributed by atoms with van der Waals surface area (Å²) in [6, 6.07) is 1.87. The van der Waals surface area contributed by atoms with Crippen molar-refractivity contribution < 1.29 is 14.7 Å². The molecule has 1 aromatic rings. The van der Waals surface area contributed by atoms with Crippen molar-refractivity contribution in [2.75, 3.05) is 6.54 Å². The van der Waals surface area contributed by atoms with E-state index in [9.17, 15) is 9.59 Å². The summed E-state index contributed by atoms with van der Waals surface area (Å²) in [5, 5.41) is 13.2. The lowest BCUT2D eigenvalue weighted by atomic mass is 9.97. The normalized spacial score (nSPS) is 18.8. The molecule has 1 aliphatic rings. The van der Waals surface area contributed by atoms with Gasteiger partial charge in [0.25, 0.3) is 5.91 Å². The molecule has 6 nitrogen and oxygen atoms in total. The van der Waals surface area contributed by atoms with Gasteiger partial charge in [0.15, 0.2) is 0 Å². The van der Waals surface area contributed by atoms with Crippen LogP contribution in [0, 0.1) is 0 Å². The lowest BCUT2D eigenvalue weighted by Crippen LogP contribution is -2.44. The largest absolute Gasteiger partial charge is 0.481 e. The molecule has 1 amide bonds. The van der Waals surface area contributed by atoms with E-state index in [1.54, 1.807) is 11.7 Å². The molecular weight excluding hydrogens is 270 g/mol. The molecule has 1 aliphatic heterocycles. The molecule has 2 heterocycles. The first-order valence-electron chi connectivity index (χ1n) is 7.58. The minimum atomic E-state index is -0.804. The molecule has 2 rings (SSSR count). The van der Waals surface area contributed by atoms with E-state index in [2.05, 4.69) is 5.10 Å². The van der Waals surface area contributed by atoms with Crippen LogP contribution in [-0.2, 0) is 18.3 Å². The zero-order chi connectivity index (χ0) is 15.4. The second kappa shape index (κ2) is 6.74. The van der Waals surface area contributed by atoms with E-state index in [-0.39, 0.29) is 18.4 Å². The van der Waals surface area contributed by atoms with Crippen LogP contribution in [0.4, 0.5) is 0 Å². The zero-order valence-corrected chi connectivity index (χ0v) is 12.7. The van der Waals surface area contributed by atoms with Crippen molar-refractivity contribution in [1.82, 2.24) is 14.7 Å². The molecule has 1 fully saturated rings. The molecule has 0 saturated carbocycles. The molecule has 1 aromatic heterocycles. The average Bonchev–Trinajstić information content (AvgIpc) is 2.86. The fourth-order valence-electron chi connectivity index (χ4n) is 2.90. The predicted molar refractivity (Wildman–Crippen MR) is 78.1 cm³/mol. The van der Waals surface area contributed by atoms with E-state index >= 15 is 0 Å². The second-order valence-corrected chi connectivity index (χ2v) is 5.58. The highest BCUT2D eigenvalue weighted by Gasteiger charge is 2.29. The first-order valence-corrected chi connectivity index (χ1v) is 7.58. The van der Waals surface area contributed by atoms with Crippen LogP contribution in [0.1, 0.15) is 55.2 Å². The van der Waals surface area contributed by atoms with Crippen LogP contribution in [0.3, 0.4) is 0 Å². The summed E-state index contributed by atoms with van der Waals surface area (Å²) in [7, 11) is 1.78. The van der Waals surface area contributed by atoms with Gasteiger partial charge in [-0.15, -0.1) is 0 Å². The molecule has 6 heteroatoms. The number of likely N-dealkylation sites (tertiary alicyclic amines) is 1. The first-order chi connectivity index (χ1) is 10.0. The van der Waals surface area contributed by atoms with E-state index in [1.165, 1.54) is 0 Å². The summed E-state index contributed by atoms with van der Waals surface area (Å²) in [5.41, 5.74) is 1.49. The Kier molecular flexibility index (Phi) is 4.98. The molecule has 21 heavy (non-hydrogen) atoms. The van der Waals surface area contributed by atoms with Gasteiger partial charge in [0.1, 0.15) is 5.69 Å². The summed E-state index contributed by atoms with van der Waals surface area (Å²) in [4.78, 5) is 25.3. The number of carboxylic acid groups (broad SMARTS) is 1. The smallest absolute Gasteiger partial charge is 0.303 e. The average molecular weight is 293 g/mol. The van der Waals surface area contributed by atoms with Gasteiger partial charge in [-0.05, 0) is 38.2 Å². The number of carbonyl (C=O) groups excluding carboxylic acids is 1. The highest BCUT2D eigenvalue weighted by molar-refractivity contribution is 5.93. The maximum atomic E-state index is 12.7. The van der Waals surface area contributed by atoms with Crippen molar-refractivity contribution in [2.45, 2.75) is 51.5 Å². The lowest BCUT2D eigenvalue weighted by Gasteiger charge is -2.35. The van der Waals surface area contributed by atoms with E-state index in [1.807, 2.05) is 17.9 Å². The molecular formula is C15H23N3O3. The Morgan fingerprint density at radius 3 is 2.81 bits per heavy atom. The number of nitrogens with zero attached hydrogens (tertiary/aromatic N) is 3. The SMILES string of the molecule is CCc1cc(C(=O)N2CCCCC2CCC(=O)O)n(C)n1. The topological polar surface area (TPSA) is 75.4 Å². The summed E-state index contributed by atoms with van der Waals surface area (Å²) in [6.07, 6.45) is 4.36. The maximum Gasteiger partial charge on any atom is 0.303 e. The van der Waals surface area contributed by atoms with Gasteiger partial charge < -0.3 is 10.0 Å². The fourth-order valence-corrected chi connectivity index (χ4v) is 2.90. The Bertz CT molecular complexity index is 524. The molecule has 1 saturated heterocycles. The van der Waals surface area contributed by atoms with Gasteiger partial charge in [-0.1, -0.05) is 6.92 Å². The highest BCUT2D eigenvalue weighted by Crippen LogP contribution is 2.23. The first kappa shape index (κ1) is 15.5. The molecule has 0 bridgehead atoms. The van der Waals surface area contributed by atoms with Crippen LogP contribution >= 0.6 is 0 Å². The number of aliphatic carboxylic acids is 1. The second-order valence-electron chi connectivity index (χ2n) is 5.58. The van der Waals surface area contributed by atoms with Gasteiger partial charge in [-0.2, -0.15) is 5.10 Å². The van der Waals surface area contributed by atoms with Gasteiger partial charge in [0, 0.05) is 26.1 Å². The molecule has 0 aliphatic carbocycles. The third kappa shape index (κ3) is 3.62. The monoisotopic (exact) mass is 293 g/mol.